The molecule has 0 aromatic rings. The molecule has 10 heavy (non-hydrogen) atoms. The van der Waals surface area contributed by atoms with E-state index in [4.69, 9.17) is 0 Å². The minimum Gasteiger partial charge on any atom is -0.106 e. The van der Waals surface area contributed by atoms with E-state index in [9.17, 15) is 0 Å². The van der Waals surface area contributed by atoms with Crippen LogP contribution in [0, 0.1) is 23.7 Å². The fraction of sp³-hybridized carbons (Fsp3) is 0.800. The average molecular weight is 138 g/mol. The first-order chi connectivity index (χ1) is 4.66. The van der Waals surface area contributed by atoms with Crippen molar-refractivity contribution in [3.05, 3.63) is 0 Å². The fourth-order valence-electron chi connectivity index (χ4n) is 0.902. The quantitative estimate of drug-likeness (QED) is 0.526. The molecule has 0 N–H and O–H groups in total. The van der Waals surface area contributed by atoms with Crippen LogP contribution < -0.4 is 0 Å². The normalized spacial score (nSPS) is 12.5. The van der Waals surface area contributed by atoms with E-state index in [1.165, 1.54) is 12.8 Å². The smallest absolute Gasteiger partial charge is 0.0174 e. The van der Waals surface area contributed by atoms with Gasteiger partial charge in [0.05, 0.1) is 0 Å². The van der Waals surface area contributed by atoms with Crippen molar-refractivity contribution in [2.75, 3.05) is 0 Å². The standard InChI is InChI=1S/C10H18/c1-5-6-10(4)8-7-9(2)3/h9-10H,7-8H2,1-4H3. The maximum absolute atomic E-state index is 3.15. The van der Waals surface area contributed by atoms with Crippen molar-refractivity contribution in [3.8, 4) is 11.8 Å². The summed E-state index contributed by atoms with van der Waals surface area (Å²) in [4.78, 5) is 0. The van der Waals surface area contributed by atoms with Crippen molar-refractivity contribution in [3.63, 3.8) is 0 Å². The molecule has 0 saturated carbocycles. The Kier molecular flexibility index (Phi) is 5.12. The minimum atomic E-state index is 0.590. The minimum absolute atomic E-state index is 0.590. The summed E-state index contributed by atoms with van der Waals surface area (Å²) in [7, 11) is 0. The Hall–Kier alpha value is -0.440. The van der Waals surface area contributed by atoms with Crippen LogP contribution in [0.15, 0.2) is 0 Å². The second-order valence-corrected chi connectivity index (χ2v) is 3.27. The first-order valence-electron chi connectivity index (χ1n) is 4.09. The maximum atomic E-state index is 3.15. The van der Waals surface area contributed by atoms with Gasteiger partial charge in [0.25, 0.3) is 0 Å². The zero-order chi connectivity index (χ0) is 7.98. The predicted molar refractivity (Wildman–Crippen MR) is 46.7 cm³/mol. The van der Waals surface area contributed by atoms with Gasteiger partial charge in [0.15, 0.2) is 0 Å². The van der Waals surface area contributed by atoms with Gasteiger partial charge in [-0.1, -0.05) is 20.8 Å². The molecule has 0 heteroatoms. The Morgan fingerprint density at radius 3 is 2.10 bits per heavy atom. The van der Waals surface area contributed by atoms with Crippen LogP contribution in [0.1, 0.15) is 40.5 Å². The third-order valence-corrected chi connectivity index (χ3v) is 1.57. The van der Waals surface area contributed by atoms with Gasteiger partial charge < -0.3 is 0 Å². The van der Waals surface area contributed by atoms with Gasteiger partial charge in [-0.25, -0.2) is 0 Å². The van der Waals surface area contributed by atoms with Crippen molar-refractivity contribution in [1.82, 2.24) is 0 Å². The Morgan fingerprint density at radius 1 is 1.10 bits per heavy atom. The van der Waals surface area contributed by atoms with Gasteiger partial charge in [0, 0.05) is 5.92 Å². The second-order valence-electron chi connectivity index (χ2n) is 3.27. The molecule has 0 heterocycles. The molecule has 0 aromatic carbocycles. The van der Waals surface area contributed by atoms with E-state index in [-0.39, 0.29) is 0 Å². The van der Waals surface area contributed by atoms with Crippen LogP contribution in [-0.2, 0) is 0 Å². The molecular formula is C10H18. The van der Waals surface area contributed by atoms with Gasteiger partial charge >= 0.3 is 0 Å². The zero-order valence-corrected chi connectivity index (χ0v) is 7.57. The lowest BCUT2D eigenvalue weighted by molar-refractivity contribution is 0.509. The monoisotopic (exact) mass is 138 g/mol. The Morgan fingerprint density at radius 2 is 1.70 bits per heavy atom. The van der Waals surface area contributed by atoms with Crippen LogP contribution in [0.3, 0.4) is 0 Å². The molecule has 58 valence electrons. The van der Waals surface area contributed by atoms with Crippen molar-refractivity contribution in [1.29, 1.82) is 0 Å². The topological polar surface area (TPSA) is 0 Å². The van der Waals surface area contributed by atoms with Crippen molar-refractivity contribution in [2.24, 2.45) is 11.8 Å². The van der Waals surface area contributed by atoms with Gasteiger partial charge in [-0.2, -0.15) is 0 Å². The molecular weight excluding hydrogens is 120 g/mol. The summed E-state index contributed by atoms with van der Waals surface area (Å²) >= 11 is 0. The van der Waals surface area contributed by atoms with Gasteiger partial charge in [0.1, 0.15) is 0 Å². The molecule has 1 atom stereocenters. The molecule has 0 aliphatic rings. The Labute approximate surface area is 65.0 Å². The van der Waals surface area contributed by atoms with Crippen LogP contribution in [0.25, 0.3) is 0 Å². The molecule has 0 spiro atoms. The van der Waals surface area contributed by atoms with E-state index < -0.39 is 0 Å². The first kappa shape index (κ1) is 9.56. The average Bonchev–Trinajstić information content (AvgIpc) is 1.85. The maximum Gasteiger partial charge on any atom is 0.0174 e. The summed E-state index contributed by atoms with van der Waals surface area (Å²) in [5, 5.41) is 0. The molecule has 0 fully saturated rings. The van der Waals surface area contributed by atoms with E-state index in [0.29, 0.717) is 5.92 Å². The van der Waals surface area contributed by atoms with Crippen LogP contribution >= 0.6 is 0 Å². The zero-order valence-electron chi connectivity index (χ0n) is 7.57. The van der Waals surface area contributed by atoms with Crippen LogP contribution in [0.5, 0.6) is 0 Å². The lowest BCUT2D eigenvalue weighted by Gasteiger charge is -2.05. The highest BCUT2D eigenvalue weighted by atomic mass is 14.0. The van der Waals surface area contributed by atoms with E-state index in [1.807, 2.05) is 6.92 Å². The van der Waals surface area contributed by atoms with Crippen LogP contribution in [-0.4, -0.2) is 0 Å². The van der Waals surface area contributed by atoms with E-state index in [0.717, 1.165) is 5.92 Å². The van der Waals surface area contributed by atoms with E-state index in [1.54, 1.807) is 0 Å². The molecule has 0 radical (unpaired) electrons. The van der Waals surface area contributed by atoms with Crippen LogP contribution in [0.2, 0.25) is 0 Å². The third kappa shape index (κ3) is 5.69. The van der Waals surface area contributed by atoms with Gasteiger partial charge in [0.2, 0.25) is 0 Å². The molecule has 0 nitrogen and oxygen atoms in total. The molecule has 0 amide bonds. The van der Waals surface area contributed by atoms with Gasteiger partial charge in [-0.05, 0) is 25.7 Å². The highest BCUT2D eigenvalue weighted by molar-refractivity contribution is 4.99. The molecule has 0 aliphatic carbocycles. The summed E-state index contributed by atoms with van der Waals surface area (Å²) in [5.41, 5.74) is 0. The molecule has 0 aromatic heterocycles. The number of rotatable bonds is 3. The SMILES string of the molecule is CC#CC(C)CCC(C)C. The number of hydrogen-bond donors (Lipinski definition) is 0. The van der Waals surface area contributed by atoms with Crippen molar-refractivity contribution >= 4 is 0 Å². The summed E-state index contributed by atoms with van der Waals surface area (Å²) < 4.78 is 0. The summed E-state index contributed by atoms with van der Waals surface area (Å²) in [6.45, 7) is 8.61. The fourth-order valence-corrected chi connectivity index (χ4v) is 0.902. The second kappa shape index (κ2) is 5.35. The third-order valence-electron chi connectivity index (χ3n) is 1.57. The van der Waals surface area contributed by atoms with Gasteiger partial charge in [-0.3, -0.25) is 0 Å². The van der Waals surface area contributed by atoms with Crippen LogP contribution in [0.4, 0.5) is 0 Å². The van der Waals surface area contributed by atoms with Crippen molar-refractivity contribution < 1.29 is 0 Å². The number of hydrogen-bond acceptors (Lipinski definition) is 0. The van der Waals surface area contributed by atoms with E-state index >= 15 is 0 Å². The van der Waals surface area contributed by atoms with Gasteiger partial charge in [-0.15, -0.1) is 11.8 Å². The van der Waals surface area contributed by atoms with Crippen molar-refractivity contribution in [2.45, 2.75) is 40.5 Å². The summed E-state index contributed by atoms with van der Waals surface area (Å²) in [6, 6.07) is 0. The molecule has 0 rings (SSSR count). The molecule has 0 saturated heterocycles. The highest BCUT2D eigenvalue weighted by Crippen LogP contribution is 2.10. The Bertz CT molecular complexity index is 123. The largest absolute Gasteiger partial charge is 0.106 e. The summed E-state index contributed by atoms with van der Waals surface area (Å²) in [5.74, 6) is 7.50. The highest BCUT2D eigenvalue weighted by Gasteiger charge is 1.98. The molecule has 0 aliphatic heterocycles. The lowest BCUT2D eigenvalue weighted by Crippen LogP contribution is -1.94. The summed E-state index contributed by atoms with van der Waals surface area (Å²) in [6.07, 6.45) is 2.55. The lowest BCUT2D eigenvalue weighted by atomic mass is 10.00. The van der Waals surface area contributed by atoms with E-state index in [2.05, 4.69) is 32.6 Å². The molecule has 0 bridgehead atoms. The first-order valence-corrected chi connectivity index (χ1v) is 4.09. The Balaban J connectivity index is 3.36. The predicted octanol–water partition coefficient (Wildman–Crippen LogP) is 3.08. The molecule has 1 unspecified atom stereocenters.